The number of nitrogens with one attached hydrogen (secondary N) is 2. The SMILES string of the molecule is O=C(Nc1ccc2ccccc2c1-c1c(NC(=O)c2ccccc2I)ccc2ccccc12)c1ccccc1I. The van der Waals surface area contributed by atoms with Crippen molar-refractivity contribution in [1.29, 1.82) is 0 Å². The molecule has 0 unspecified atom stereocenters. The Morgan fingerprint density at radius 2 is 0.825 bits per heavy atom. The van der Waals surface area contributed by atoms with Crippen LogP contribution in [0.4, 0.5) is 11.4 Å². The molecule has 0 atom stereocenters. The van der Waals surface area contributed by atoms with Crippen LogP contribution in [0.5, 0.6) is 0 Å². The molecule has 0 saturated carbocycles. The Bertz CT molecular complexity index is 1790. The molecule has 6 aromatic carbocycles. The summed E-state index contributed by atoms with van der Waals surface area (Å²) in [6.07, 6.45) is 0. The average Bonchev–Trinajstić information content (AvgIpc) is 2.97. The second-order valence-corrected chi connectivity index (χ2v) is 11.6. The lowest BCUT2D eigenvalue weighted by Crippen LogP contribution is -2.16. The third-order valence-electron chi connectivity index (χ3n) is 6.84. The largest absolute Gasteiger partial charge is 0.321 e. The Balaban J connectivity index is 1.58. The van der Waals surface area contributed by atoms with Crippen molar-refractivity contribution in [3.05, 3.63) is 140 Å². The van der Waals surface area contributed by atoms with Crippen LogP contribution in [-0.2, 0) is 0 Å². The van der Waals surface area contributed by atoms with Gasteiger partial charge in [-0.1, -0.05) is 84.9 Å². The van der Waals surface area contributed by atoms with E-state index in [2.05, 4.69) is 80.1 Å². The lowest BCUT2D eigenvalue weighted by Gasteiger charge is -2.20. The van der Waals surface area contributed by atoms with Gasteiger partial charge in [-0.25, -0.2) is 0 Å². The minimum absolute atomic E-state index is 0.189. The van der Waals surface area contributed by atoms with Crippen molar-refractivity contribution in [2.45, 2.75) is 0 Å². The lowest BCUT2D eigenvalue weighted by atomic mass is 9.90. The van der Waals surface area contributed by atoms with Gasteiger partial charge in [0.15, 0.2) is 0 Å². The minimum atomic E-state index is -0.189. The third-order valence-corrected chi connectivity index (χ3v) is 8.72. The number of fused-ring (bicyclic) bond motifs is 2. The van der Waals surface area contributed by atoms with Crippen LogP contribution in [0.15, 0.2) is 121 Å². The van der Waals surface area contributed by atoms with Crippen molar-refractivity contribution in [3.63, 3.8) is 0 Å². The monoisotopic (exact) mass is 744 g/mol. The second-order valence-electron chi connectivity index (χ2n) is 9.29. The number of amides is 2. The molecule has 0 aliphatic rings. The predicted molar refractivity (Wildman–Crippen MR) is 181 cm³/mol. The summed E-state index contributed by atoms with van der Waals surface area (Å²) in [5.74, 6) is -0.377. The van der Waals surface area contributed by atoms with Crippen molar-refractivity contribution in [3.8, 4) is 11.1 Å². The highest BCUT2D eigenvalue weighted by atomic mass is 127. The van der Waals surface area contributed by atoms with Crippen molar-refractivity contribution in [1.82, 2.24) is 0 Å². The first-order valence-corrected chi connectivity index (χ1v) is 14.8. The van der Waals surface area contributed by atoms with E-state index < -0.39 is 0 Å². The summed E-state index contributed by atoms with van der Waals surface area (Å²) in [5, 5.41) is 10.4. The van der Waals surface area contributed by atoms with Gasteiger partial charge in [0.1, 0.15) is 0 Å². The van der Waals surface area contributed by atoms with E-state index in [0.29, 0.717) is 22.5 Å². The number of hydrogen-bond acceptors (Lipinski definition) is 2. The Morgan fingerprint density at radius 3 is 1.25 bits per heavy atom. The second kappa shape index (κ2) is 11.4. The van der Waals surface area contributed by atoms with E-state index in [1.165, 1.54) is 0 Å². The maximum absolute atomic E-state index is 13.5. The van der Waals surface area contributed by atoms with Crippen LogP contribution in [0.25, 0.3) is 32.7 Å². The first-order valence-electron chi connectivity index (χ1n) is 12.7. The van der Waals surface area contributed by atoms with Gasteiger partial charge in [-0.2, -0.15) is 0 Å². The van der Waals surface area contributed by atoms with E-state index in [1.54, 1.807) is 0 Å². The lowest BCUT2D eigenvalue weighted by molar-refractivity contribution is 0.101. The van der Waals surface area contributed by atoms with E-state index in [4.69, 9.17) is 0 Å². The number of carbonyl (C=O) groups is 2. The molecule has 194 valence electrons. The molecule has 0 aliphatic heterocycles. The van der Waals surface area contributed by atoms with Gasteiger partial charge in [0.2, 0.25) is 0 Å². The first kappa shape index (κ1) is 26.5. The summed E-state index contributed by atoms with van der Waals surface area (Å²) in [6, 6.07) is 39.2. The summed E-state index contributed by atoms with van der Waals surface area (Å²) < 4.78 is 1.74. The Morgan fingerprint density at radius 1 is 0.450 bits per heavy atom. The maximum Gasteiger partial charge on any atom is 0.256 e. The van der Waals surface area contributed by atoms with Gasteiger partial charge >= 0.3 is 0 Å². The number of rotatable bonds is 5. The quantitative estimate of drug-likeness (QED) is 0.173. The van der Waals surface area contributed by atoms with E-state index in [1.807, 2.05) is 97.1 Å². The van der Waals surface area contributed by atoms with E-state index in [-0.39, 0.29) is 11.8 Å². The summed E-state index contributed by atoms with van der Waals surface area (Å²) >= 11 is 4.36. The molecule has 0 radical (unpaired) electrons. The third kappa shape index (κ3) is 5.09. The van der Waals surface area contributed by atoms with Gasteiger partial charge in [-0.05, 0) is 103 Å². The summed E-state index contributed by atoms with van der Waals surface area (Å²) in [5.41, 5.74) is 4.26. The molecule has 4 nitrogen and oxygen atoms in total. The number of hydrogen-bond donors (Lipinski definition) is 2. The highest BCUT2D eigenvalue weighted by molar-refractivity contribution is 14.1. The predicted octanol–water partition coefficient (Wildman–Crippen LogP) is 9.37. The molecule has 0 heterocycles. The van der Waals surface area contributed by atoms with Crippen LogP contribution in [-0.4, -0.2) is 11.8 Å². The molecule has 40 heavy (non-hydrogen) atoms. The Kier molecular flexibility index (Phi) is 7.53. The van der Waals surface area contributed by atoms with Crippen LogP contribution < -0.4 is 10.6 Å². The molecule has 6 aromatic rings. The molecule has 2 N–H and O–H groups in total. The van der Waals surface area contributed by atoms with Gasteiger partial charge in [0.05, 0.1) is 11.1 Å². The summed E-state index contributed by atoms with van der Waals surface area (Å²) in [7, 11) is 0. The fourth-order valence-corrected chi connectivity index (χ4v) is 6.22. The number of carbonyl (C=O) groups excluding carboxylic acids is 2. The number of benzene rings is 6. The molecular formula is C34H22I2N2O2. The normalized spacial score (nSPS) is 10.9. The molecular weight excluding hydrogens is 722 g/mol. The standard InChI is InChI=1S/C34H22I2N2O2/c35-27-15-7-5-13-25(27)33(39)37-29-19-17-21-9-1-3-11-23(21)31(29)32-24-12-4-2-10-22(24)18-20-30(32)38-34(40)26-14-6-8-16-28(26)36/h1-20H,(H,37,39)(H,38,40). The molecule has 0 aromatic heterocycles. The van der Waals surface area contributed by atoms with Crippen molar-refractivity contribution >= 4 is 89.9 Å². The van der Waals surface area contributed by atoms with Crippen molar-refractivity contribution < 1.29 is 9.59 Å². The Hall–Kier alpha value is -3.76. The zero-order valence-electron chi connectivity index (χ0n) is 21.1. The van der Waals surface area contributed by atoms with Gasteiger partial charge in [0, 0.05) is 29.6 Å². The molecule has 0 saturated heterocycles. The first-order chi connectivity index (χ1) is 19.5. The summed E-state index contributed by atoms with van der Waals surface area (Å²) in [4.78, 5) is 27.0. The van der Waals surface area contributed by atoms with E-state index >= 15 is 0 Å². The van der Waals surface area contributed by atoms with Gasteiger partial charge in [-0.15, -0.1) is 0 Å². The molecule has 6 heteroatoms. The fraction of sp³-hybridized carbons (Fsp3) is 0. The molecule has 2 amide bonds. The minimum Gasteiger partial charge on any atom is -0.321 e. The van der Waals surface area contributed by atoms with Crippen LogP contribution in [0.1, 0.15) is 20.7 Å². The van der Waals surface area contributed by atoms with Crippen molar-refractivity contribution in [2.75, 3.05) is 10.6 Å². The maximum atomic E-state index is 13.5. The number of anilines is 2. The van der Waals surface area contributed by atoms with Crippen LogP contribution >= 0.6 is 45.2 Å². The van der Waals surface area contributed by atoms with Gasteiger partial charge in [-0.3, -0.25) is 9.59 Å². The zero-order chi connectivity index (χ0) is 27.6. The van der Waals surface area contributed by atoms with Gasteiger partial charge in [0.25, 0.3) is 11.8 Å². The highest BCUT2D eigenvalue weighted by Gasteiger charge is 2.21. The smallest absolute Gasteiger partial charge is 0.256 e. The molecule has 0 spiro atoms. The molecule has 0 fully saturated rings. The van der Waals surface area contributed by atoms with Crippen LogP contribution in [0, 0.1) is 7.14 Å². The van der Waals surface area contributed by atoms with E-state index in [0.717, 1.165) is 39.8 Å². The van der Waals surface area contributed by atoms with Crippen LogP contribution in [0.3, 0.4) is 0 Å². The fourth-order valence-electron chi connectivity index (χ4n) is 4.96. The van der Waals surface area contributed by atoms with E-state index in [9.17, 15) is 9.59 Å². The molecule has 6 rings (SSSR count). The average molecular weight is 744 g/mol. The molecule has 0 bridgehead atoms. The number of halogens is 2. The zero-order valence-corrected chi connectivity index (χ0v) is 25.4. The van der Waals surface area contributed by atoms with Crippen LogP contribution in [0.2, 0.25) is 0 Å². The van der Waals surface area contributed by atoms with Gasteiger partial charge < -0.3 is 10.6 Å². The Labute approximate surface area is 259 Å². The molecule has 0 aliphatic carbocycles. The van der Waals surface area contributed by atoms with Crippen molar-refractivity contribution in [2.24, 2.45) is 0 Å². The summed E-state index contributed by atoms with van der Waals surface area (Å²) in [6.45, 7) is 0. The highest BCUT2D eigenvalue weighted by Crippen LogP contribution is 2.44. The topological polar surface area (TPSA) is 58.2 Å².